The molecule has 0 bridgehead atoms. The molecule has 0 saturated carbocycles. The van der Waals surface area contributed by atoms with E-state index in [1.54, 1.807) is 0 Å². The smallest absolute Gasteiger partial charge is 0.0965 e. The summed E-state index contributed by atoms with van der Waals surface area (Å²) in [5, 5.41) is 7.36. The molecular weight excluding hydrogens is 717 g/mol. The number of aromatic nitrogens is 3. The molecule has 59 heavy (non-hydrogen) atoms. The molecule has 3 heterocycles. The summed E-state index contributed by atoms with van der Waals surface area (Å²) < 4.78 is 0. The monoisotopic (exact) mass is 752 g/mol. The molecule has 0 aliphatic heterocycles. The van der Waals surface area contributed by atoms with Gasteiger partial charge in [-0.15, -0.1) is 0 Å². The lowest BCUT2D eigenvalue weighted by Gasteiger charge is -2.26. The van der Waals surface area contributed by atoms with E-state index in [2.05, 4.69) is 187 Å². The molecular formula is C55H36N4. The van der Waals surface area contributed by atoms with Gasteiger partial charge in [-0.25, -0.2) is 4.98 Å². The van der Waals surface area contributed by atoms with Gasteiger partial charge in [-0.05, 0) is 110 Å². The van der Waals surface area contributed by atoms with Gasteiger partial charge in [-0.1, -0.05) is 140 Å². The summed E-state index contributed by atoms with van der Waals surface area (Å²) in [5.41, 5.74) is 13.4. The summed E-state index contributed by atoms with van der Waals surface area (Å²) in [6.07, 6.45) is 3.79. The Balaban J connectivity index is 0.973. The van der Waals surface area contributed by atoms with E-state index < -0.39 is 0 Å². The van der Waals surface area contributed by atoms with E-state index in [-0.39, 0.29) is 0 Å². The summed E-state index contributed by atoms with van der Waals surface area (Å²) in [6.45, 7) is 0. The Morgan fingerprint density at radius 1 is 0.339 bits per heavy atom. The topological polar surface area (TPSA) is 41.9 Å². The average molecular weight is 753 g/mol. The van der Waals surface area contributed by atoms with Gasteiger partial charge in [-0.2, -0.15) is 0 Å². The van der Waals surface area contributed by atoms with Crippen molar-refractivity contribution in [2.75, 3.05) is 4.90 Å². The number of rotatable bonds is 7. The molecule has 276 valence electrons. The minimum Gasteiger partial charge on any atom is -0.311 e. The van der Waals surface area contributed by atoms with Crippen LogP contribution in [0.2, 0.25) is 0 Å². The first kappa shape index (κ1) is 34.3. The molecule has 0 saturated heterocycles. The van der Waals surface area contributed by atoms with Crippen molar-refractivity contribution in [2.24, 2.45) is 0 Å². The maximum atomic E-state index is 5.07. The molecule has 4 nitrogen and oxygen atoms in total. The van der Waals surface area contributed by atoms with Crippen molar-refractivity contribution >= 4 is 60.4 Å². The van der Waals surface area contributed by atoms with Crippen molar-refractivity contribution in [1.29, 1.82) is 0 Å². The Hall–Kier alpha value is -7.95. The minimum absolute atomic E-state index is 0.871. The fourth-order valence-electron chi connectivity index (χ4n) is 8.29. The number of hydrogen-bond donors (Lipinski definition) is 0. The third kappa shape index (κ3) is 6.43. The van der Waals surface area contributed by atoms with Crippen molar-refractivity contribution in [2.45, 2.75) is 0 Å². The van der Waals surface area contributed by atoms with E-state index in [0.717, 1.165) is 67.1 Å². The minimum atomic E-state index is 0.871. The molecule has 3 aromatic heterocycles. The highest BCUT2D eigenvalue weighted by atomic mass is 15.1. The molecule has 0 atom stereocenters. The van der Waals surface area contributed by atoms with Crippen LogP contribution >= 0.6 is 0 Å². The Morgan fingerprint density at radius 2 is 0.932 bits per heavy atom. The molecule has 4 heteroatoms. The zero-order chi connectivity index (χ0) is 39.1. The number of benzene rings is 8. The summed E-state index contributed by atoms with van der Waals surface area (Å²) >= 11 is 0. The predicted octanol–water partition coefficient (Wildman–Crippen LogP) is 14.6. The second kappa shape index (κ2) is 14.5. The third-order valence-corrected chi connectivity index (χ3v) is 11.3. The van der Waals surface area contributed by atoms with Crippen molar-refractivity contribution < 1.29 is 0 Å². The number of hydrogen-bond acceptors (Lipinski definition) is 4. The summed E-state index contributed by atoms with van der Waals surface area (Å²) in [6, 6.07) is 73.2. The molecule has 0 fully saturated rings. The van der Waals surface area contributed by atoms with E-state index >= 15 is 0 Å². The van der Waals surface area contributed by atoms with Crippen molar-refractivity contribution in [1.82, 2.24) is 15.0 Å². The SMILES string of the molecule is c1ccc(-c2cc(-c3ccc(N(c4ccc(-c5ccc6c(ccc7ccccc76)c5)cc4)c4ccc(-c5cc6ccccc6cn5)cc4)cc3)nc3cccnc23)cc1. The van der Waals surface area contributed by atoms with Gasteiger partial charge >= 0.3 is 0 Å². The van der Waals surface area contributed by atoms with Crippen molar-refractivity contribution in [3.05, 3.63) is 219 Å². The van der Waals surface area contributed by atoms with Crippen LogP contribution in [0.3, 0.4) is 0 Å². The van der Waals surface area contributed by atoms with E-state index in [4.69, 9.17) is 15.0 Å². The van der Waals surface area contributed by atoms with Gasteiger partial charge < -0.3 is 4.90 Å². The molecule has 0 amide bonds. The van der Waals surface area contributed by atoms with Crippen LogP contribution in [-0.2, 0) is 0 Å². The predicted molar refractivity (Wildman–Crippen MR) is 246 cm³/mol. The van der Waals surface area contributed by atoms with E-state index in [9.17, 15) is 0 Å². The van der Waals surface area contributed by atoms with Crippen molar-refractivity contribution in [3.8, 4) is 44.8 Å². The first-order valence-corrected chi connectivity index (χ1v) is 19.9. The van der Waals surface area contributed by atoms with Gasteiger partial charge in [-0.3, -0.25) is 9.97 Å². The van der Waals surface area contributed by atoms with Crippen LogP contribution in [0.1, 0.15) is 0 Å². The van der Waals surface area contributed by atoms with Crippen LogP contribution in [0.25, 0.3) is 88.1 Å². The molecule has 11 rings (SSSR count). The largest absolute Gasteiger partial charge is 0.311 e. The molecule has 0 unspecified atom stereocenters. The van der Waals surface area contributed by atoms with Gasteiger partial charge in [0.15, 0.2) is 0 Å². The maximum absolute atomic E-state index is 5.07. The summed E-state index contributed by atoms with van der Waals surface area (Å²) in [4.78, 5) is 16.9. The summed E-state index contributed by atoms with van der Waals surface area (Å²) in [7, 11) is 0. The van der Waals surface area contributed by atoms with Crippen LogP contribution in [0.5, 0.6) is 0 Å². The van der Waals surface area contributed by atoms with E-state index in [1.807, 2.05) is 36.7 Å². The zero-order valence-corrected chi connectivity index (χ0v) is 32.1. The Morgan fingerprint density at radius 3 is 1.68 bits per heavy atom. The quantitative estimate of drug-likeness (QED) is 0.152. The first-order valence-electron chi connectivity index (χ1n) is 19.9. The molecule has 0 spiro atoms. The lowest BCUT2D eigenvalue weighted by Crippen LogP contribution is -2.09. The number of anilines is 3. The normalized spacial score (nSPS) is 11.4. The van der Waals surface area contributed by atoms with Gasteiger partial charge in [0.2, 0.25) is 0 Å². The molecule has 0 N–H and O–H groups in total. The van der Waals surface area contributed by atoms with E-state index in [0.29, 0.717) is 0 Å². The van der Waals surface area contributed by atoms with Gasteiger partial charge in [0.05, 0.1) is 22.4 Å². The van der Waals surface area contributed by atoms with Crippen molar-refractivity contribution in [3.63, 3.8) is 0 Å². The first-order chi connectivity index (χ1) is 29.2. The van der Waals surface area contributed by atoms with Gasteiger partial charge in [0, 0.05) is 51.5 Å². The zero-order valence-electron chi connectivity index (χ0n) is 32.1. The average Bonchev–Trinajstić information content (AvgIpc) is 3.32. The Labute approximate surface area is 342 Å². The third-order valence-electron chi connectivity index (χ3n) is 11.3. The lowest BCUT2D eigenvalue weighted by molar-refractivity contribution is 1.28. The molecule has 0 aliphatic carbocycles. The molecule has 0 radical (unpaired) electrons. The maximum Gasteiger partial charge on any atom is 0.0965 e. The highest BCUT2D eigenvalue weighted by molar-refractivity contribution is 6.08. The number of pyridine rings is 3. The standard InChI is InChI=1S/C55H36N4/c1-2-9-38(10-3-1)51-35-54(58-52-15-8-32-56-55(51)52)41-22-29-48(30-23-41)59(47-27-20-40(21-28-47)53-34-42-12-4-5-13-45(42)36-57-53)46-25-18-37(19-26-46)43-24-31-50-44(33-43)17-16-39-11-6-7-14-49(39)50/h1-36H. The highest BCUT2D eigenvalue weighted by Gasteiger charge is 2.16. The number of nitrogens with zero attached hydrogens (tertiary/aromatic N) is 4. The number of fused-ring (bicyclic) bond motifs is 5. The van der Waals surface area contributed by atoms with Crippen LogP contribution in [0, 0.1) is 0 Å². The van der Waals surface area contributed by atoms with Crippen LogP contribution < -0.4 is 4.90 Å². The summed E-state index contributed by atoms with van der Waals surface area (Å²) in [5.74, 6) is 0. The van der Waals surface area contributed by atoms with Gasteiger partial charge in [0.25, 0.3) is 0 Å². The fourth-order valence-corrected chi connectivity index (χ4v) is 8.29. The second-order valence-corrected chi connectivity index (χ2v) is 14.9. The molecule has 0 aliphatic rings. The fraction of sp³-hybridized carbons (Fsp3) is 0. The highest BCUT2D eigenvalue weighted by Crippen LogP contribution is 2.39. The Kier molecular flexibility index (Phi) is 8.45. The molecule has 11 aromatic rings. The van der Waals surface area contributed by atoms with Crippen LogP contribution in [0.4, 0.5) is 17.1 Å². The second-order valence-electron chi connectivity index (χ2n) is 14.9. The van der Waals surface area contributed by atoms with Gasteiger partial charge in [0.1, 0.15) is 0 Å². The Bertz CT molecular complexity index is 3300. The van der Waals surface area contributed by atoms with Crippen LogP contribution in [-0.4, -0.2) is 15.0 Å². The van der Waals surface area contributed by atoms with Crippen LogP contribution in [0.15, 0.2) is 219 Å². The molecule has 8 aromatic carbocycles. The van der Waals surface area contributed by atoms with E-state index in [1.165, 1.54) is 38.1 Å². The lowest BCUT2D eigenvalue weighted by atomic mass is 9.97.